The number of ether oxygens (including phenoxy) is 1. The second-order valence-electron chi connectivity index (χ2n) is 7.14. The van der Waals surface area contributed by atoms with Crippen LogP contribution in [0.1, 0.15) is 46.0 Å². The highest BCUT2D eigenvalue weighted by Crippen LogP contribution is 2.65. The molecule has 0 aromatic carbocycles. The Balaban J connectivity index is 3.05. The summed E-state index contributed by atoms with van der Waals surface area (Å²) in [6, 6.07) is 2.23. The van der Waals surface area contributed by atoms with Gasteiger partial charge in [0.15, 0.2) is 19.0 Å². The summed E-state index contributed by atoms with van der Waals surface area (Å²) in [4.78, 5) is -1.07. The second kappa shape index (κ2) is 5.96. The summed E-state index contributed by atoms with van der Waals surface area (Å²) >= 11 is 6.53. The molecule has 1 saturated carbocycles. The van der Waals surface area contributed by atoms with Crippen molar-refractivity contribution < 1.29 is 9.16 Å². The van der Waals surface area contributed by atoms with Crippen LogP contribution in [0.2, 0.25) is 19.6 Å². The highest BCUT2D eigenvalue weighted by molar-refractivity contribution is 6.69. The van der Waals surface area contributed by atoms with Gasteiger partial charge >= 0.3 is 0 Å². The zero-order valence-corrected chi connectivity index (χ0v) is 15.4. The van der Waals surface area contributed by atoms with Crippen molar-refractivity contribution in [2.24, 2.45) is 5.41 Å². The van der Waals surface area contributed by atoms with Crippen LogP contribution in [0.3, 0.4) is 0 Å². The zero-order valence-electron chi connectivity index (χ0n) is 13.7. The smallest absolute Gasteiger partial charge is 0.197 e. The third kappa shape index (κ3) is 2.92. The van der Waals surface area contributed by atoms with Gasteiger partial charge in [0.2, 0.25) is 0 Å². The van der Waals surface area contributed by atoms with Gasteiger partial charge in [-0.15, -0.1) is 0 Å². The topological polar surface area (TPSA) is 42.2 Å². The second-order valence-corrected chi connectivity index (χ2v) is 12.2. The number of hydrogen-bond donors (Lipinski definition) is 0. The molecule has 1 aliphatic carbocycles. The van der Waals surface area contributed by atoms with Crippen LogP contribution in [-0.2, 0) is 9.16 Å². The summed E-state index contributed by atoms with van der Waals surface area (Å²) in [5.74, 6) is -0.978. The molecule has 3 atom stereocenters. The number of rotatable bonds is 7. The first-order valence-electron chi connectivity index (χ1n) is 7.45. The van der Waals surface area contributed by atoms with Gasteiger partial charge in [-0.1, -0.05) is 44.7 Å². The molecule has 0 amide bonds. The maximum atomic E-state index is 9.49. The lowest BCUT2D eigenvalue weighted by molar-refractivity contribution is -0.315. The van der Waals surface area contributed by atoms with Gasteiger partial charge in [0, 0.05) is 12.5 Å². The van der Waals surface area contributed by atoms with Crippen molar-refractivity contribution in [1.82, 2.24) is 0 Å². The average Bonchev–Trinajstić information content (AvgIpc) is 2.34. The lowest BCUT2D eigenvalue weighted by Crippen LogP contribution is -2.75. The number of nitrogens with zero attached hydrogens (tertiary/aromatic N) is 1. The lowest BCUT2D eigenvalue weighted by Gasteiger charge is -2.64. The van der Waals surface area contributed by atoms with Gasteiger partial charge in [-0.2, -0.15) is 5.26 Å². The number of alkyl halides is 1. The Morgan fingerprint density at radius 2 is 1.90 bits per heavy atom. The third-order valence-corrected chi connectivity index (χ3v) is 5.56. The van der Waals surface area contributed by atoms with E-state index >= 15 is 0 Å². The normalized spacial score (nSPS) is 37.3. The standard InChI is InChI=1S/C15H28ClNO2Si/c1-7-8-9-10-13(2)11-14(16,12-17)15(13,18-3)19-20(4,5)6/h7-11H2,1-6H3. The first-order valence-corrected chi connectivity index (χ1v) is 11.2. The molecule has 116 valence electrons. The van der Waals surface area contributed by atoms with E-state index < -0.39 is 19.0 Å². The summed E-state index contributed by atoms with van der Waals surface area (Å²) in [6.45, 7) is 10.6. The van der Waals surface area contributed by atoms with Gasteiger partial charge in [-0.25, -0.2) is 0 Å². The molecule has 1 fully saturated rings. The van der Waals surface area contributed by atoms with Crippen molar-refractivity contribution in [3.8, 4) is 6.07 Å². The van der Waals surface area contributed by atoms with Crippen molar-refractivity contribution in [3.63, 3.8) is 0 Å². The van der Waals surface area contributed by atoms with Gasteiger partial charge in [0.1, 0.15) is 0 Å². The molecule has 0 spiro atoms. The highest BCUT2D eigenvalue weighted by Gasteiger charge is 2.74. The Morgan fingerprint density at radius 1 is 1.30 bits per heavy atom. The van der Waals surface area contributed by atoms with E-state index in [1.807, 2.05) is 0 Å². The number of halogens is 1. The van der Waals surface area contributed by atoms with Crippen LogP contribution < -0.4 is 0 Å². The minimum atomic E-state index is -1.89. The predicted octanol–water partition coefficient (Wildman–Crippen LogP) is 4.67. The van der Waals surface area contributed by atoms with E-state index in [0.29, 0.717) is 6.42 Å². The van der Waals surface area contributed by atoms with Gasteiger partial charge in [-0.3, -0.25) is 0 Å². The summed E-state index contributed by atoms with van der Waals surface area (Å²) in [6.07, 6.45) is 5.08. The fraction of sp³-hybridized carbons (Fsp3) is 0.933. The molecular weight excluding hydrogens is 290 g/mol. The van der Waals surface area contributed by atoms with Crippen LogP contribution in [0, 0.1) is 16.7 Å². The molecule has 0 bridgehead atoms. The summed E-state index contributed by atoms with van der Waals surface area (Å²) in [7, 11) is -0.268. The number of nitriles is 1. The van der Waals surface area contributed by atoms with Gasteiger partial charge in [0.05, 0.1) is 6.07 Å². The summed E-state index contributed by atoms with van der Waals surface area (Å²) in [5.41, 5.74) is -0.186. The summed E-state index contributed by atoms with van der Waals surface area (Å²) in [5, 5.41) is 9.49. The lowest BCUT2D eigenvalue weighted by atomic mass is 9.55. The number of hydrogen-bond acceptors (Lipinski definition) is 3. The fourth-order valence-electron chi connectivity index (χ4n) is 3.36. The van der Waals surface area contributed by atoms with E-state index in [4.69, 9.17) is 20.8 Å². The molecular formula is C15H28ClNO2Si. The largest absolute Gasteiger partial charge is 0.388 e. The molecule has 0 aliphatic heterocycles. The molecule has 0 aromatic rings. The molecule has 5 heteroatoms. The number of unbranched alkanes of at least 4 members (excludes halogenated alkanes) is 2. The van der Waals surface area contributed by atoms with Crippen molar-refractivity contribution in [3.05, 3.63) is 0 Å². The van der Waals surface area contributed by atoms with Crippen molar-refractivity contribution in [2.75, 3.05) is 7.11 Å². The van der Waals surface area contributed by atoms with Crippen LogP contribution in [0.4, 0.5) is 0 Å². The van der Waals surface area contributed by atoms with Crippen LogP contribution in [-0.4, -0.2) is 26.1 Å². The van der Waals surface area contributed by atoms with Crippen LogP contribution >= 0.6 is 11.6 Å². The predicted molar refractivity (Wildman–Crippen MR) is 85.2 cm³/mol. The Hall–Kier alpha value is -0.0831. The van der Waals surface area contributed by atoms with Gasteiger partial charge < -0.3 is 9.16 Å². The third-order valence-electron chi connectivity index (χ3n) is 4.20. The molecule has 0 N–H and O–H groups in total. The Bertz CT molecular complexity index is 392. The van der Waals surface area contributed by atoms with Gasteiger partial charge in [0.25, 0.3) is 0 Å². The van der Waals surface area contributed by atoms with E-state index in [1.54, 1.807) is 7.11 Å². The van der Waals surface area contributed by atoms with E-state index in [1.165, 1.54) is 12.8 Å². The van der Waals surface area contributed by atoms with Crippen molar-refractivity contribution >= 4 is 19.9 Å². The van der Waals surface area contributed by atoms with E-state index in [9.17, 15) is 5.26 Å². The van der Waals surface area contributed by atoms with E-state index in [0.717, 1.165) is 12.8 Å². The first kappa shape index (κ1) is 18.0. The molecule has 1 aliphatic rings. The maximum Gasteiger partial charge on any atom is 0.197 e. The molecule has 3 unspecified atom stereocenters. The molecule has 0 aromatic heterocycles. The molecule has 0 radical (unpaired) electrons. The first-order chi connectivity index (χ1) is 9.10. The number of methoxy groups -OCH3 is 1. The van der Waals surface area contributed by atoms with Crippen LogP contribution in [0.5, 0.6) is 0 Å². The molecule has 1 rings (SSSR count). The minimum absolute atomic E-state index is 0.186. The van der Waals surface area contributed by atoms with Gasteiger partial charge in [-0.05, 0) is 32.5 Å². The molecule has 0 heterocycles. The minimum Gasteiger partial charge on any atom is -0.388 e. The maximum absolute atomic E-state index is 9.49. The Morgan fingerprint density at radius 3 is 2.30 bits per heavy atom. The summed E-state index contributed by atoms with van der Waals surface area (Å²) < 4.78 is 12.1. The van der Waals surface area contributed by atoms with Crippen molar-refractivity contribution in [2.45, 2.75) is 76.3 Å². The SMILES string of the molecule is CCCCCC1(C)CC(Cl)(C#N)C1(OC)O[Si](C)(C)C. The fourth-order valence-corrected chi connectivity index (χ4v) is 5.43. The quantitative estimate of drug-likeness (QED) is 0.296. The average molecular weight is 318 g/mol. The molecule has 3 nitrogen and oxygen atoms in total. The zero-order chi connectivity index (χ0) is 15.7. The monoisotopic (exact) mass is 317 g/mol. The van der Waals surface area contributed by atoms with E-state index in [2.05, 4.69) is 39.6 Å². The van der Waals surface area contributed by atoms with Crippen LogP contribution in [0.25, 0.3) is 0 Å². The van der Waals surface area contributed by atoms with Crippen LogP contribution in [0.15, 0.2) is 0 Å². The molecule has 20 heavy (non-hydrogen) atoms. The van der Waals surface area contributed by atoms with Crippen molar-refractivity contribution in [1.29, 1.82) is 5.26 Å². The Kier molecular flexibility index (Phi) is 5.36. The van der Waals surface area contributed by atoms with E-state index in [-0.39, 0.29) is 5.41 Å². The Labute approximate surface area is 129 Å². The highest BCUT2D eigenvalue weighted by atomic mass is 35.5. The molecule has 0 saturated heterocycles.